The molecule has 1 aliphatic heterocycles. The van der Waals surface area contributed by atoms with Crippen molar-refractivity contribution >= 4 is 16.8 Å². The van der Waals surface area contributed by atoms with Crippen LogP contribution in [-0.2, 0) is 0 Å². The van der Waals surface area contributed by atoms with Gasteiger partial charge in [0.25, 0.3) is 5.91 Å². The number of amides is 1. The van der Waals surface area contributed by atoms with Crippen molar-refractivity contribution in [2.24, 2.45) is 0 Å². The maximum atomic E-state index is 13.3. The molecular weight excluding hydrogens is 298 g/mol. The van der Waals surface area contributed by atoms with Crippen LogP contribution < -0.4 is 5.32 Å². The van der Waals surface area contributed by atoms with Gasteiger partial charge in [0.1, 0.15) is 0 Å². The van der Waals surface area contributed by atoms with E-state index in [-0.39, 0.29) is 5.91 Å². The predicted molar refractivity (Wildman–Crippen MR) is 96.6 cm³/mol. The molecule has 0 spiro atoms. The largest absolute Gasteiger partial charge is 0.337 e. The Balaban J connectivity index is 1.84. The number of benzene rings is 1. The molecule has 1 aromatic carbocycles. The number of nitrogens with zero attached hydrogens (tertiary/aromatic N) is 2. The zero-order chi connectivity index (χ0) is 16.7. The summed E-state index contributed by atoms with van der Waals surface area (Å²) in [6.07, 6.45) is 3.41. The first kappa shape index (κ1) is 15.6. The van der Waals surface area contributed by atoms with Gasteiger partial charge in [-0.05, 0) is 57.4 Å². The number of nitrogens with one attached hydrogen (secondary N) is 1. The monoisotopic (exact) mass is 323 g/mol. The molecule has 4 rings (SSSR count). The fourth-order valence-corrected chi connectivity index (χ4v) is 3.69. The second-order valence-corrected chi connectivity index (χ2v) is 7.24. The predicted octanol–water partition coefficient (Wildman–Crippen LogP) is 3.16. The molecule has 126 valence electrons. The van der Waals surface area contributed by atoms with E-state index in [1.807, 2.05) is 4.90 Å². The summed E-state index contributed by atoms with van der Waals surface area (Å²) in [5.74, 6) is 0.713. The number of aromatic nitrogens is 1. The Morgan fingerprint density at radius 3 is 2.79 bits per heavy atom. The summed E-state index contributed by atoms with van der Waals surface area (Å²) in [6.45, 7) is 7.68. The van der Waals surface area contributed by atoms with Crippen molar-refractivity contribution < 1.29 is 4.79 Å². The van der Waals surface area contributed by atoms with Crippen LogP contribution in [0.1, 0.15) is 52.4 Å². The molecule has 1 saturated heterocycles. The van der Waals surface area contributed by atoms with Crippen LogP contribution in [-0.4, -0.2) is 42.0 Å². The fraction of sp³-hybridized carbons (Fsp3) is 0.500. The SMILES string of the molecule is Cc1cc(C)c2nc(C3CC3)cc(C(=O)N3CCCNCC3)c2c1. The Hall–Kier alpha value is -1.94. The molecule has 24 heavy (non-hydrogen) atoms. The highest BCUT2D eigenvalue weighted by molar-refractivity contribution is 6.07. The van der Waals surface area contributed by atoms with Crippen molar-refractivity contribution in [1.29, 1.82) is 0 Å². The van der Waals surface area contributed by atoms with Gasteiger partial charge in [-0.15, -0.1) is 0 Å². The van der Waals surface area contributed by atoms with Crippen LogP contribution >= 0.6 is 0 Å². The van der Waals surface area contributed by atoms with E-state index < -0.39 is 0 Å². The minimum Gasteiger partial charge on any atom is -0.337 e. The summed E-state index contributed by atoms with van der Waals surface area (Å²) >= 11 is 0. The minimum atomic E-state index is 0.165. The number of hydrogen-bond donors (Lipinski definition) is 1. The smallest absolute Gasteiger partial charge is 0.254 e. The Bertz CT molecular complexity index is 787. The molecule has 2 aromatic rings. The number of aryl methyl sites for hydroxylation is 2. The summed E-state index contributed by atoms with van der Waals surface area (Å²) in [6, 6.07) is 6.35. The molecule has 1 saturated carbocycles. The van der Waals surface area contributed by atoms with E-state index in [9.17, 15) is 4.79 Å². The molecule has 1 aromatic heterocycles. The maximum absolute atomic E-state index is 13.3. The normalized spacial score (nSPS) is 18.7. The van der Waals surface area contributed by atoms with Gasteiger partial charge in [-0.3, -0.25) is 9.78 Å². The summed E-state index contributed by atoms with van der Waals surface area (Å²) in [5.41, 5.74) is 5.30. The van der Waals surface area contributed by atoms with Crippen LogP contribution in [0, 0.1) is 13.8 Å². The van der Waals surface area contributed by atoms with E-state index in [1.165, 1.54) is 24.0 Å². The number of pyridine rings is 1. The quantitative estimate of drug-likeness (QED) is 0.923. The van der Waals surface area contributed by atoms with E-state index in [1.54, 1.807) is 0 Å². The highest BCUT2D eigenvalue weighted by Crippen LogP contribution is 2.40. The number of fused-ring (bicyclic) bond motifs is 1. The molecule has 0 atom stereocenters. The molecule has 0 bridgehead atoms. The topological polar surface area (TPSA) is 45.2 Å². The lowest BCUT2D eigenvalue weighted by Gasteiger charge is -2.21. The van der Waals surface area contributed by atoms with E-state index >= 15 is 0 Å². The first-order chi connectivity index (χ1) is 11.6. The zero-order valence-corrected chi connectivity index (χ0v) is 14.6. The zero-order valence-electron chi connectivity index (χ0n) is 14.6. The van der Waals surface area contributed by atoms with Crippen LogP contribution in [0.3, 0.4) is 0 Å². The second-order valence-electron chi connectivity index (χ2n) is 7.24. The Labute approximate surface area is 143 Å². The van der Waals surface area contributed by atoms with Crippen molar-refractivity contribution in [3.05, 3.63) is 40.6 Å². The Morgan fingerprint density at radius 1 is 1.17 bits per heavy atom. The van der Waals surface area contributed by atoms with Crippen LogP contribution in [0.4, 0.5) is 0 Å². The van der Waals surface area contributed by atoms with Gasteiger partial charge < -0.3 is 10.2 Å². The van der Waals surface area contributed by atoms with Gasteiger partial charge in [-0.25, -0.2) is 0 Å². The number of carbonyl (C=O) groups is 1. The van der Waals surface area contributed by atoms with Gasteiger partial charge in [0.05, 0.1) is 11.1 Å². The molecule has 4 heteroatoms. The van der Waals surface area contributed by atoms with E-state index in [0.717, 1.165) is 54.8 Å². The standard InChI is InChI=1S/C20H25N3O/c1-13-10-14(2)19-16(11-13)17(12-18(22-19)15-4-5-15)20(24)23-8-3-6-21-7-9-23/h10-12,15,21H,3-9H2,1-2H3. The number of hydrogen-bond acceptors (Lipinski definition) is 3. The van der Waals surface area contributed by atoms with Crippen LogP contribution in [0.25, 0.3) is 10.9 Å². The minimum absolute atomic E-state index is 0.165. The lowest BCUT2D eigenvalue weighted by atomic mass is 10.00. The van der Waals surface area contributed by atoms with Crippen LogP contribution in [0.15, 0.2) is 18.2 Å². The van der Waals surface area contributed by atoms with Gasteiger partial charge in [0, 0.05) is 36.6 Å². The molecule has 1 amide bonds. The number of carbonyl (C=O) groups excluding carboxylic acids is 1. The summed E-state index contributed by atoms with van der Waals surface area (Å²) in [7, 11) is 0. The lowest BCUT2D eigenvalue weighted by molar-refractivity contribution is 0.0768. The van der Waals surface area contributed by atoms with E-state index in [4.69, 9.17) is 4.98 Å². The fourth-order valence-electron chi connectivity index (χ4n) is 3.69. The molecule has 1 N–H and O–H groups in total. The average Bonchev–Trinajstić information content (AvgIpc) is 3.40. The van der Waals surface area contributed by atoms with Crippen molar-refractivity contribution in [3.63, 3.8) is 0 Å². The first-order valence-corrected chi connectivity index (χ1v) is 9.05. The molecular formula is C20H25N3O. The third-order valence-electron chi connectivity index (χ3n) is 5.12. The second kappa shape index (κ2) is 6.17. The van der Waals surface area contributed by atoms with E-state index in [2.05, 4.69) is 37.4 Å². The molecule has 0 radical (unpaired) electrons. The summed E-state index contributed by atoms with van der Waals surface area (Å²) < 4.78 is 0. The lowest BCUT2D eigenvalue weighted by Crippen LogP contribution is -2.34. The van der Waals surface area contributed by atoms with E-state index in [0.29, 0.717) is 5.92 Å². The molecule has 4 nitrogen and oxygen atoms in total. The maximum Gasteiger partial charge on any atom is 0.254 e. The van der Waals surface area contributed by atoms with Crippen LogP contribution in [0.2, 0.25) is 0 Å². The molecule has 2 heterocycles. The third kappa shape index (κ3) is 2.91. The summed E-state index contributed by atoms with van der Waals surface area (Å²) in [4.78, 5) is 20.2. The van der Waals surface area contributed by atoms with Gasteiger partial charge in [-0.1, -0.05) is 11.6 Å². The first-order valence-electron chi connectivity index (χ1n) is 9.05. The summed E-state index contributed by atoms with van der Waals surface area (Å²) in [5, 5.41) is 4.39. The Kier molecular flexibility index (Phi) is 4.01. The van der Waals surface area contributed by atoms with Crippen LogP contribution in [0.5, 0.6) is 0 Å². The van der Waals surface area contributed by atoms with Crippen molar-refractivity contribution in [2.45, 2.75) is 39.0 Å². The highest BCUT2D eigenvalue weighted by atomic mass is 16.2. The molecule has 2 aliphatic rings. The Morgan fingerprint density at radius 2 is 2.00 bits per heavy atom. The highest BCUT2D eigenvalue weighted by Gasteiger charge is 2.28. The molecule has 1 aliphatic carbocycles. The number of rotatable bonds is 2. The van der Waals surface area contributed by atoms with Crippen molar-refractivity contribution in [3.8, 4) is 0 Å². The third-order valence-corrected chi connectivity index (χ3v) is 5.12. The average molecular weight is 323 g/mol. The van der Waals surface area contributed by atoms with Gasteiger partial charge >= 0.3 is 0 Å². The van der Waals surface area contributed by atoms with Crippen molar-refractivity contribution in [1.82, 2.24) is 15.2 Å². The van der Waals surface area contributed by atoms with Gasteiger partial charge in [0.15, 0.2) is 0 Å². The molecule has 2 fully saturated rings. The van der Waals surface area contributed by atoms with Crippen molar-refractivity contribution in [2.75, 3.05) is 26.2 Å². The van der Waals surface area contributed by atoms with Gasteiger partial charge in [-0.2, -0.15) is 0 Å². The van der Waals surface area contributed by atoms with Gasteiger partial charge in [0.2, 0.25) is 0 Å². The molecule has 0 unspecified atom stereocenters.